The Balaban J connectivity index is 2.21. The van der Waals surface area contributed by atoms with Gasteiger partial charge in [-0.15, -0.1) is 0 Å². The van der Waals surface area contributed by atoms with Gasteiger partial charge in [-0.3, -0.25) is 0 Å². The molecule has 1 fully saturated rings. The molecule has 0 saturated carbocycles. The predicted molar refractivity (Wildman–Crippen MR) is 64.7 cm³/mol. The van der Waals surface area contributed by atoms with Crippen LogP contribution in [0.2, 0.25) is 0 Å². The molecule has 1 aromatic rings. The lowest BCUT2D eigenvalue weighted by Gasteiger charge is -2.29. The molecule has 16 heavy (non-hydrogen) atoms. The van der Waals surface area contributed by atoms with Gasteiger partial charge in [0.05, 0.1) is 6.10 Å². The molecule has 0 aliphatic carbocycles. The topological polar surface area (TPSA) is 48.4 Å². The highest BCUT2D eigenvalue weighted by atomic mass is 16.3. The highest BCUT2D eigenvalue weighted by Gasteiger charge is 2.14. The number of hydrogen-bond acceptors (Lipinski definition) is 4. The summed E-state index contributed by atoms with van der Waals surface area (Å²) in [6, 6.07) is 2.02. The van der Waals surface area contributed by atoms with Gasteiger partial charge >= 0.3 is 0 Å². The van der Waals surface area contributed by atoms with Crippen LogP contribution in [0.3, 0.4) is 0 Å². The molecule has 0 spiro atoms. The van der Waals surface area contributed by atoms with Gasteiger partial charge in [-0.05, 0) is 31.0 Å². The summed E-state index contributed by atoms with van der Waals surface area (Å²) in [5.41, 5.74) is 2.02. The van der Waals surface area contributed by atoms with Crippen molar-refractivity contribution in [3.63, 3.8) is 0 Å². The largest absolute Gasteiger partial charge is 0.389 e. The molecule has 1 unspecified atom stereocenters. The average molecular weight is 221 g/mol. The first-order valence-electron chi connectivity index (χ1n) is 5.79. The molecule has 0 aromatic carbocycles. The van der Waals surface area contributed by atoms with E-state index in [1.54, 1.807) is 13.1 Å². The van der Waals surface area contributed by atoms with Crippen LogP contribution in [0.15, 0.2) is 12.3 Å². The van der Waals surface area contributed by atoms with Gasteiger partial charge in [0.15, 0.2) is 0 Å². The number of rotatable bonds is 2. The number of aryl methyl sites for hydroxylation is 1. The van der Waals surface area contributed by atoms with Gasteiger partial charge < -0.3 is 15.3 Å². The number of piperazine rings is 1. The molecule has 1 aromatic heterocycles. The summed E-state index contributed by atoms with van der Waals surface area (Å²) < 4.78 is 0. The Morgan fingerprint density at radius 1 is 1.44 bits per heavy atom. The standard InChI is InChI=1S/C12H19N3O/c1-9-7-11(10(2)16)8-14-12(9)15-5-3-13-4-6-15/h7-8,10,13,16H,3-6H2,1-2H3. The maximum absolute atomic E-state index is 9.49. The number of anilines is 1. The van der Waals surface area contributed by atoms with E-state index in [9.17, 15) is 5.11 Å². The van der Waals surface area contributed by atoms with Gasteiger partial charge in [-0.1, -0.05) is 0 Å². The summed E-state index contributed by atoms with van der Waals surface area (Å²) in [5.74, 6) is 1.05. The second kappa shape index (κ2) is 4.80. The number of nitrogens with zero attached hydrogens (tertiary/aromatic N) is 2. The van der Waals surface area contributed by atoms with Crippen LogP contribution in [0.1, 0.15) is 24.2 Å². The average Bonchev–Trinajstić information content (AvgIpc) is 2.30. The monoisotopic (exact) mass is 221 g/mol. The first-order valence-corrected chi connectivity index (χ1v) is 5.79. The van der Waals surface area contributed by atoms with Crippen molar-refractivity contribution < 1.29 is 5.11 Å². The minimum absolute atomic E-state index is 0.441. The lowest BCUT2D eigenvalue weighted by Crippen LogP contribution is -2.44. The molecule has 1 saturated heterocycles. The molecule has 4 nitrogen and oxygen atoms in total. The second-order valence-corrected chi connectivity index (χ2v) is 4.32. The van der Waals surface area contributed by atoms with E-state index >= 15 is 0 Å². The van der Waals surface area contributed by atoms with Crippen molar-refractivity contribution in [1.82, 2.24) is 10.3 Å². The summed E-state index contributed by atoms with van der Waals surface area (Å²) in [4.78, 5) is 6.75. The zero-order chi connectivity index (χ0) is 11.5. The molecule has 0 amide bonds. The maximum Gasteiger partial charge on any atom is 0.131 e. The number of hydrogen-bond donors (Lipinski definition) is 2. The highest BCUT2D eigenvalue weighted by Crippen LogP contribution is 2.21. The fourth-order valence-electron chi connectivity index (χ4n) is 2.03. The Hall–Kier alpha value is -1.13. The second-order valence-electron chi connectivity index (χ2n) is 4.32. The molecule has 0 radical (unpaired) electrons. The van der Waals surface area contributed by atoms with Crippen LogP contribution in [-0.2, 0) is 0 Å². The van der Waals surface area contributed by atoms with E-state index in [4.69, 9.17) is 0 Å². The first-order chi connectivity index (χ1) is 7.68. The molecule has 0 bridgehead atoms. The van der Waals surface area contributed by atoms with Crippen molar-refractivity contribution >= 4 is 5.82 Å². The predicted octanol–water partition coefficient (Wildman–Crippen LogP) is 0.853. The summed E-state index contributed by atoms with van der Waals surface area (Å²) in [6.45, 7) is 7.85. The Morgan fingerprint density at radius 2 is 2.12 bits per heavy atom. The quantitative estimate of drug-likeness (QED) is 0.777. The van der Waals surface area contributed by atoms with E-state index in [2.05, 4.69) is 22.1 Å². The van der Waals surface area contributed by atoms with Crippen LogP contribution in [0.4, 0.5) is 5.82 Å². The molecule has 4 heteroatoms. The van der Waals surface area contributed by atoms with Gasteiger partial charge in [0.2, 0.25) is 0 Å². The number of pyridine rings is 1. The van der Waals surface area contributed by atoms with Crippen molar-refractivity contribution in [2.24, 2.45) is 0 Å². The van der Waals surface area contributed by atoms with Gasteiger partial charge in [0.1, 0.15) is 5.82 Å². The zero-order valence-electron chi connectivity index (χ0n) is 9.90. The van der Waals surface area contributed by atoms with Gasteiger partial charge in [-0.2, -0.15) is 0 Å². The third kappa shape index (κ3) is 2.33. The van der Waals surface area contributed by atoms with Crippen LogP contribution >= 0.6 is 0 Å². The van der Waals surface area contributed by atoms with Crippen molar-refractivity contribution in [3.05, 3.63) is 23.4 Å². The van der Waals surface area contributed by atoms with Gasteiger partial charge in [0.25, 0.3) is 0 Å². The fraction of sp³-hybridized carbons (Fsp3) is 0.583. The molecular formula is C12H19N3O. The molecule has 1 aliphatic heterocycles. The maximum atomic E-state index is 9.49. The smallest absolute Gasteiger partial charge is 0.131 e. The van der Waals surface area contributed by atoms with Crippen molar-refractivity contribution in [3.8, 4) is 0 Å². The van der Waals surface area contributed by atoms with Gasteiger partial charge in [-0.25, -0.2) is 4.98 Å². The SMILES string of the molecule is Cc1cc(C(C)O)cnc1N1CCNCC1. The van der Waals surface area contributed by atoms with Crippen LogP contribution in [0, 0.1) is 6.92 Å². The third-order valence-electron chi connectivity index (χ3n) is 2.97. The van der Waals surface area contributed by atoms with Gasteiger partial charge in [0, 0.05) is 32.4 Å². The number of aliphatic hydroxyl groups is 1. The molecular weight excluding hydrogens is 202 g/mol. The summed E-state index contributed by atoms with van der Waals surface area (Å²) in [7, 11) is 0. The highest BCUT2D eigenvalue weighted by molar-refractivity contribution is 5.48. The van der Waals surface area contributed by atoms with Crippen LogP contribution in [0.5, 0.6) is 0 Å². The van der Waals surface area contributed by atoms with Crippen LogP contribution in [-0.4, -0.2) is 36.3 Å². The Kier molecular flexibility index (Phi) is 3.41. The molecule has 1 aliphatic rings. The number of nitrogens with one attached hydrogen (secondary N) is 1. The number of aliphatic hydroxyl groups excluding tert-OH is 1. The molecule has 2 rings (SSSR count). The fourth-order valence-corrected chi connectivity index (χ4v) is 2.03. The Bertz CT molecular complexity index is 359. The lowest BCUT2D eigenvalue weighted by atomic mass is 10.1. The van der Waals surface area contributed by atoms with E-state index in [-0.39, 0.29) is 0 Å². The minimum atomic E-state index is -0.441. The third-order valence-corrected chi connectivity index (χ3v) is 2.97. The molecule has 2 heterocycles. The molecule has 2 N–H and O–H groups in total. The zero-order valence-corrected chi connectivity index (χ0v) is 9.90. The molecule has 1 atom stereocenters. The van der Waals surface area contributed by atoms with E-state index in [0.717, 1.165) is 43.1 Å². The molecule has 88 valence electrons. The van der Waals surface area contributed by atoms with E-state index in [0.29, 0.717) is 0 Å². The van der Waals surface area contributed by atoms with Crippen molar-refractivity contribution in [1.29, 1.82) is 0 Å². The summed E-state index contributed by atoms with van der Waals surface area (Å²) >= 11 is 0. The van der Waals surface area contributed by atoms with E-state index in [1.807, 2.05) is 6.07 Å². The normalized spacial score (nSPS) is 18.6. The van der Waals surface area contributed by atoms with Crippen molar-refractivity contribution in [2.75, 3.05) is 31.1 Å². The Morgan fingerprint density at radius 3 is 2.69 bits per heavy atom. The summed E-state index contributed by atoms with van der Waals surface area (Å²) in [5, 5.41) is 12.8. The van der Waals surface area contributed by atoms with E-state index in [1.165, 1.54) is 0 Å². The first kappa shape index (κ1) is 11.4. The lowest BCUT2D eigenvalue weighted by molar-refractivity contribution is 0.199. The summed E-state index contributed by atoms with van der Waals surface area (Å²) in [6.07, 6.45) is 1.33. The Labute approximate surface area is 96.3 Å². The van der Waals surface area contributed by atoms with E-state index < -0.39 is 6.10 Å². The van der Waals surface area contributed by atoms with Crippen molar-refractivity contribution in [2.45, 2.75) is 20.0 Å². The van der Waals surface area contributed by atoms with Crippen LogP contribution < -0.4 is 10.2 Å². The number of aromatic nitrogens is 1. The minimum Gasteiger partial charge on any atom is -0.389 e. The van der Waals surface area contributed by atoms with Crippen LogP contribution in [0.25, 0.3) is 0 Å².